The Morgan fingerprint density at radius 2 is 1.62 bits per heavy atom. The lowest BCUT2D eigenvalue weighted by atomic mass is 10.2. The van der Waals surface area contributed by atoms with Crippen LogP contribution in [-0.4, -0.2) is 69.9 Å². The molecular weight excluding hydrogens is 536 g/mol. The maximum absolute atomic E-state index is 13.7. The van der Waals surface area contributed by atoms with Gasteiger partial charge in [0, 0.05) is 24.9 Å². The van der Waals surface area contributed by atoms with Crippen molar-refractivity contribution >= 4 is 26.9 Å². The van der Waals surface area contributed by atoms with Gasteiger partial charge in [0.2, 0.25) is 16.0 Å². The van der Waals surface area contributed by atoms with E-state index in [1.165, 1.54) is 32.8 Å². The molecule has 13 nitrogen and oxygen atoms in total. The van der Waals surface area contributed by atoms with Crippen LogP contribution in [0.5, 0.6) is 11.5 Å². The number of hydrogen-bond acceptors (Lipinski definition) is 10. The summed E-state index contributed by atoms with van der Waals surface area (Å²) in [4.78, 5) is 8.52. The summed E-state index contributed by atoms with van der Waals surface area (Å²) in [5.41, 5.74) is 2.45. The van der Waals surface area contributed by atoms with Crippen LogP contribution in [0.1, 0.15) is 24.4 Å². The summed E-state index contributed by atoms with van der Waals surface area (Å²) in [6, 6.07) is 12.7. The molecule has 0 aliphatic rings. The molecular formula is C26H28N8O5S. The molecule has 14 heteroatoms. The standard InChI is InChI=1S/C26H28N8O5S/c1-15-13-27-24(28-14-15)23(39-5)16(2)40(35,36)33-26-32-31-25(21-17-9-6-7-10-18(17)29-30-21)34(26)22-19(37-3)11-8-12-20(22)38-4/h6-14,16,23H,1-5H3,(H,29,30)(H,32,33). The lowest BCUT2D eigenvalue weighted by molar-refractivity contribution is 0.0949. The highest BCUT2D eigenvalue weighted by atomic mass is 32.2. The highest BCUT2D eigenvalue weighted by Crippen LogP contribution is 2.39. The van der Waals surface area contributed by atoms with E-state index in [0.717, 1.165) is 16.5 Å². The zero-order valence-electron chi connectivity index (χ0n) is 22.5. The third kappa shape index (κ3) is 4.82. The summed E-state index contributed by atoms with van der Waals surface area (Å²) in [5.74, 6) is 1.20. The number of nitrogens with zero attached hydrogens (tertiary/aromatic N) is 6. The first-order valence-corrected chi connectivity index (χ1v) is 13.8. The Balaban J connectivity index is 1.65. The van der Waals surface area contributed by atoms with Crippen molar-refractivity contribution in [2.45, 2.75) is 25.2 Å². The molecule has 0 bridgehead atoms. The van der Waals surface area contributed by atoms with Crippen molar-refractivity contribution in [2.24, 2.45) is 0 Å². The number of hydrogen-bond donors (Lipinski definition) is 2. The zero-order valence-corrected chi connectivity index (χ0v) is 23.3. The van der Waals surface area contributed by atoms with E-state index in [0.29, 0.717) is 22.9 Å². The van der Waals surface area contributed by atoms with E-state index in [1.54, 1.807) is 30.6 Å². The molecule has 2 unspecified atom stereocenters. The van der Waals surface area contributed by atoms with Crippen LogP contribution >= 0.6 is 0 Å². The number of rotatable bonds is 10. The molecule has 3 heterocycles. The summed E-state index contributed by atoms with van der Waals surface area (Å²) in [5, 5.41) is 15.7. The molecule has 0 aliphatic carbocycles. The van der Waals surface area contributed by atoms with Gasteiger partial charge in [0.05, 0.1) is 19.7 Å². The molecule has 2 atom stereocenters. The molecule has 2 aromatic carbocycles. The average molecular weight is 565 g/mol. The second-order valence-corrected chi connectivity index (χ2v) is 11.0. The highest BCUT2D eigenvalue weighted by Gasteiger charge is 2.35. The maximum Gasteiger partial charge on any atom is 0.243 e. The Bertz CT molecular complexity index is 1730. The van der Waals surface area contributed by atoms with E-state index >= 15 is 0 Å². The van der Waals surface area contributed by atoms with Crippen molar-refractivity contribution in [3.05, 3.63) is 66.2 Å². The quantitative estimate of drug-likeness (QED) is 0.257. The molecule has 0 saturated heterocycles. The number of anilines is 1. The van der Waals surface area contributed by atoms with E-state index in [4.69, 9.17) is 14.2 Å². The molecule has 5 rings (SSSR count). The molecule has 3 aromatic heterocycles. The Kier molecular flexibility index (Phi) is 7.36. The van der Waals surface area contributed by atoms with Crippen LogP contribution in [0, 0.1) is 6.92 Å². The second-order valence-electron chi connectivity index (χ2n) is 8.94. The van der Waals surface area contributed by atoms with Crippen LogP contribution in [0.15, 0.2) is 54.9 Å². The van der Waals surface area contributed by atoms with E-state index in [9.17, 15) is 8.42 Å². The molecule has 0 aliphatic heterocycles. The highest BCUT2D eigenvalue weighted by molar-refractivity contribution is 7.93. The van der Waals surface area contributed by atoms with Crippen molar-refractivity contribution in [2.75, 3.05) is 26.1 Å². The number of benzene rings is 2. The third-order valence-corrected chi connectivity index (χ3v) is 8.12. The topological polar surface area (TPSA) is 159 Å². The molecule has 0 radical (unpaired) electrons. The first-order chi connectivity index (χ1) is 19.3. The number of H-pyrrole nitrogens is 1. The molecule has 208 valence electrons. The van der Waals surface area contributed by atoms with Crippen molar-refractivity contribution in [3.63, 3.8) is 0 Å². The lowest BCUT2D eigenvalue weighted by Gasteiger charge is -2.22. The largest absolute Gasteiger partial charge is 0.494 e. The molecule has 40 heavy (non-hydrogen) atoms. The number of nitrogens with one attached hydrogen (secondary N) is 2. The maximum atomic E-state index is 13.7. The Morgan fingerprint density at radius 3 is 2.27 bits per heavy atom. The van der Waals surface area contributed by atoms with Gasteiger partial charge in [0.15, 0.2) is 11.6 Å². The van der Waals surface area contributed by atoms with Crippen LogP contribution in [0.4, 0.5) is 5.95 Å². The minimum Gasteiger partial charge on any atom is -0.494 e. The average Bonchev–Trinajstić information content (AvgIpc) is 3.57. The molecule has 5 aromatic rings. The lowest BCUT2D eigenvalue weighted by Crippen LogP contribution is -2.33. The Morgan fingerprint density at radius 1 is 0.950 bits per heavy atom. The fourth-order valence-electron chi connectivity index (χ4n) is 4.34. The molecule has 0 amide bonds. The number of aryl methyl sites for hydroxylation is 1. The number of sulfonamides is 1. The van der Waals surface area contributed by atoms with Crippen LogP contribution in [0.3, 0.4) is 0 Å². The van der Waals surface area contributed by atoms with E-state index in [-0.39, 0.29) is 17.6 Å². The number of ether oxygens (including phenoxy) is 3. The van der Waals surface area contributed by atoms with Crippen molar-refractivity contribution in [1.82, 2.24) is 34.9 Å². The molecule has 0 spiro atoms. The smallest absolute Gasteiger partial charge is 0.243 e. The predicted octanol–water partition coefficient (Wildman–Crippen LogP) is 3.44. The number of aromatic amines is 1. The van der Waals surface area contributed by atoms with Gasteiger partial charge in [0.25, 0.3) is 0 Å². The third-order valence-electron chi connectivity index (χ3n) is 6.43. The van der Waals surface area contributed by atoms with Gasteiger partial charge in [-0.25, -0.2) is 18.4 Å². The summed E-state index contributed by atoms with van der Waals surface area (Å²) in [6.07, 6.45) is 2.25. The summed E-state index contributed by atoms with van der Waals surface area (Å²) >= 11 is 0. The zero-order chi connectivity index (χ0) is 28.4. The van der Waals surface area contributed by atoms with Gasteiger partial charge in [-0.05, 0) is 37.6 Å². The normalized spacial score (nSPS) is 13.2. The number of para-hydroxylation sites is 2. The fourth-order valence-corrected chi connectivity index (χ4v) is 5.47. The van der Waals surface area contributed by atoms with Gasteiger partial charge in [-0.1, -0.05) is 24.3 Å². The SMILES string of the molecule is COc1cccc(OC)c1-n1c(NS(=O)(=O)C(C)C(OC)c2ncc(C)cn2)nnc1-c1n[nH]c2ccccc12. The van der Waals surface area contributed by atoms with Gasteiger partial charge < -0.3 is 14.2 Å². The Hall–Kier alpha value is -4.56. The minimum absolute atomic E-state index is 0.101. The molecule has 0 saturated carbocycles. The summed E-state index contributed by atoms with van der Waals surface area (Å²) in [7, 11) is 0.273. The number of methoxy groups -OCH3 is 3. The first-order valence-electron chi connectivity index (χ1n) is 12.2. The number of aromatic nitrogens is 7. The Labute approximate surface area is 230 Å². The van der Waals surface area contributed by atoms with Crippen LogP contribution in [-0.2, 0) is 14.8 Å². The number of fused-ring (bicyclic) bond motifs is 1. The minimum atomic E-state index is -4.14. The summed E-state index contributed by atoms with van der Waals surface area (Å²) in [6.45, 7) is 3.35. The monoisotopic (exact) mass is 564 g/mol. The van der Waals surface area contributed by atoms with E-state index in [2.05, 4.69) is 35.1 Å². The van der Waals surface area contributed by atoms with Gasteiger partial charge in [-0.2, -0.15) is 5.10 Å². The van der Waals surface area contributed by atoms with Gasteiger partial charge in [-0.15, -0.1) is 10.2 Å². The van der Waals surface area contributed by atoms with Crippen molar-refractivity contribution in [3.8, 4) is 28.7 Å². The van der Waals surface area contributed by atoms with Gasteiger partial charge in [-0.3, -0.25) is 14.4 Å². The van der Waals surface area contributed by atoms with E-state index < -0.39 is 21.4 Å². The van der Waals surface area contributed by atoms with Gasteiger partial charge >= 0.3 is 0 Å². The van der Waals surface area contributed by atoms with Crippen molar-refractivity contribution in [1.29, 1.82) is 0 Å². The van der Waals surface area contributed by atoms with Crippen molar-refractivity contribution < 1.29 is 22.6 Å². The predicted molar refractivity (Wildman–Crippen MR) is 148 cm³/mol. The first kappa shape index (κ1) is 27.0. The molecule has 2 N–H and O–H groups in total. The van der Waals surface area contributed by atoms with Gasteiger partial charge in [0.1, 0.15) is 34.2 Å². The van der Waals surface area contributed by atoms with Crippen LogP contribution in [0.25, 0.3) is 28.1 Å². The second kappa shape index (κ2) is 10.9. The van der Waals surface area contributed by atoms with Crippen LogP contribution in [0.2, 0.25) is 0 Å². The summed E-state index contributed by atoms with van der Waals surface area (Å²) < 4.78 is 48.3. The van der Waals surface area contributed by atoms with E-state index in [1.807, 2.05) is 31.2 Å². The fraction of sp³-hybridized carbons (Fsp3) is 0.269. The van der Waals surface area contributed by atoms with Crippen LogP contribution < -0.4 is 14.2 Å². The molecule has 0 fully saturated rings.